The number of rotatable bonds is 1. The molecule has 0 bridgehead atoms. The maximum Gasteiger partial charge on any atom is 0.186 e. The summed E-state index contributed by atoms with van der Waals surface area (Å²) in [7, 11) is 1.56. The van der Waals surface area contributed by atoms with Gasteiger partial charge in [0.15, 0.2) is 5.90 Å². The van der Waals surface area contributed by atoms with Crippen LogP contribution in [0.25, 0.3) is 0 Å². The smallest absolute Gasteiger partial charge is 0.186 e. The van der Waals surface area contributed by atoms with E-state index in [1.54, 1.807) is 20.1 Å². The average Bonchev–Trinajstić information content (AvgIpc) is 1.87. The van der Waals surface area contributed by atoms with Gasteiger partial charge < -0.3 is 10.5 Å². The lowest BCUT2D eigenvalue weighted by Gasteiger charge is -1.95. The highest BCUT2D eigenvalue weighted by Gasteiger charge is 1.84. The molecule has 0 atom stereocenters. The summed E-state index contributed by atoms with van der Waals surface area (Å²) < 4.78 is 4.75. The summed E-state index contributed by atoms with van der Waals surface area (Å²) in [6, 6.07) is 0. The van der Waals surface area contributed by atoms with Crippen LogP contribution in [-0.2, 0) is 4.74 Å². The van der Waals surface area contributed by atoms with E-state index in [0.717, 1.165) is 0 Å². The number of nitrogens with zero attached hydrogens (tertiary/aromatic N) is 1. The van der Waals surface area contributed by atoms with Crippen LogP contribution in [0.2, 0.25) is 0 Å². The maximum absolute atomic E-state index is 5.34. The minimum atomic E-state index is 0.481. The zero-order valence-electron chi connectivity index (χ0n) is 6.01. The number of hydrogen-bond donors (Lipinski definition) is 1. The molecule has 0 saturated carbocycles. The van der Waals surface area contributed by atoms with Crippen molar-refractivity contribution in [2.45, 2.75) is 13.8 Å². The summed E-state index contributed by atoms with van der Waals surface area (Å²) in [6.07, 6.45) is 1.71. The molecule has 0 spiro atoms. The van der Waals surface area contributed by atoms with Gasteiger partial charge in [0.25, 0.3) is 0 Å². The molecule has 3 nitrogen and oxygen atoms in total. The number of aliphatic imine (C=N–C) groups is 1. The molecular formula is C6H12N2O. The van der Waals surface area contributed by atoms with Gasteiger partial charge >= 0.3 is 0 Å². The van der Waals surface area contributed by atoms with E-state index in [2.05, 4.69) is 4.99 Å². The van der Waals surface area contributed by atoms with Crippen LogP contribution in [0.15, 0.2) is 16.9 Å². The van der Waals surface area contributed by atoms with Crippen molar-refractivity contribution in [2.75, 3.05) is 7.11 Å². The van der Waals surface area contributed by atoms with Gasteiger partial charge in [-0.05, 0) is 13.0 Å². The molecule has 0 aromatic carbocycles. The Morgan fingerprint density at radius 3 is 2.56 bits per heavy atom. The van der Waals surface area contributed by atoms with Gasteiger partial charge in [0, 0.05) is 6.92 Å². The summed E-state index contributed by atoms with van der Waals surface area (Å²) >= 11 is 0. The molecule has 0 heterocycles. The van der Waals surface area contributed by atoms with E-state index < -0.39 is 0 Å². The van der Waals surface area contributed by atoms with Crippen molar-refractivity contribution in [1.29, 1.82) is 0 Å². The van der Waals surface area contributed by atoms with E-state index in [0.29, 0.717) is 11.7 Å². The predicted octanol–water partition coefficient (Wildman–Crippen LogP) is 0.871. The van der Waals surface area contributed by atoms with Gasteiger partial charge in [0.1, 0.15) is 5.82 Å². The average molecular weight is 128 g/mol. The van der Waals surface area contributed by atoms with Crippen LogP contribution in [0.3, 0.4) is 0 Å². The molecule has 0 saturated heterocycles. The molecule has 0 aromatic rings. The van der Waals surface area contributed by atoms with Crippen molar-refractivity contribution in [3.8, 4) is 0 Å². The van der Waals surface area contributed by atoms with E-state index in [-0.39, 0.29) is 0 Å². The Bertz CT molecular complexity index is 138. The van der Waals surface area contributed by atoms with Crippen molar-refractivity contribution >= 4 is 5.90 Å². The molecule has 0 radical (unpaired) electrons. The number of hydrogen-bond acceptors (Lipinski definition) is 3. The second-order valence-corrected chi connectivity index (χ2v) is 1.55. The second kappa shape index (κ2) is 3.95. The van der Waals surface area contributed by atoms with E-state index in [1.807, 2.05) is 6.92 Å². The molecule has 0 fully saturated rings. The van der Waals surface area contributed by atoms with Crippen LogP contribution in [0, 0.1) is 0 Å². The highest BCUT2D eigenvalue weighted by atomic mass is 16.5. The van der Waals surface area contributed by atoms with E-state index >= 15 is 0 Å². The first kappa shape index (κ1) is 8.01. The molecule has 2 N–H and O–H groups in total. The van der Waals surface area contributed by atoms with Crippen molar-refractivity contribution in [2.24, 2.45) is 10.7 Å². The molecule has 0 aliphatic heterocycles. The van der Waals surface area contributed by atoms with Crippen LogP contribution < -0.4 is 5.73 Å². The van der Waals surface area contributed by atoms with Crippen LogP contribution in [0.4, 0.5) is 0 Å². The first-order valence-electron chi connectivity index (χ1n) is 2.71. The van der Waals surface area contributed by atoms with E-state index in [1.165, 1.54) is 0 Å². The molecule has 0 aromatic heterocycles. The Hall–Kier alpha value is -0.990. The number of allylic oxidation sites excluding steroid dienone is 1. The quantitative estimate of drug-likeness (QED) is 0.420. The van der Waals surface area contributed by atoms with Gasteiger partial charge in [-0.1, -0.05) is 0 Å². The molecule has 9 heavy (non-hydrogen) atoms. The normalized spacial score (nSPS) is 13.7. The third kappa shape index (κ3) is 3.58. The monoisotopic (exact) mass is 128 g/mol. The number of nitrogens with two attached hydrogens (primary N) is 1. The first-order chi connectivity index (χ1) is 4.20. The molecule has 0 aliphatic rings. The third-order valence-electron chi connectivity index (χ3n) is 0.878. The minimum Gasteiger partial charge on any atom is -0.484 e. The molecule has 0 unspecified atom stereocenters. The van der Waals surface area contributed by atoms with Gasteiger partial charge in [0.2, 0.25) is 0 Å². The molecule has 52 valence electrons. The highest BCUT2D eigenvalue weighted by molar-refractivity contribution is 5.73. The Balaban J connectivity index is 3.95. The summed E-state index contributed by atoms with van der Waals surface area (Å²) in [5.41, 5.74) is 5.34. The summed E-state index contributed by atoms with van der Waals surface area (Å²) in [4.78, 5) is 3.85. The fourth-order valence-electron chi connectivity index (χ4n) is 0.292. The standard InChI is InChI=1S/C6H12N2O/c1-4-6(7)8-5(2)9-3/h4H,7H2,1-3H3/b6-4-,8-5+. The van der Waals surface area contributed by atoms with Crippen LogP contribution in [0.5, 0.6) is 0 Å². The maximum atomic E-state index is 5.34. The molecular weight excluding hydrogens is 116 g/mol. The van der Waals surface area contributed by atoms with Crippen LogP contribution in [-0.4, -0.2) is 13.0 Å². The third-order valence-corrected chi connectivity index (χ3v) is 0.878. The van der Waals surface area contributed by atoms with E-state index in [9.17, 15) is 0 Å². The van der Waals surface area contributed by atoms with Gasteiger partial charge in [-0.3, -0.25) is 0 Å². The Kier molecular flexibility index (Phi) is 3.51. The summed E-state index contributed by atoms with van der Waals surface area (Å²) in [5.74, 6) is 1.06. The van der Waals surface area contributed by atoms with Gasteiger partial charge in [-0.25, -0.2) is 4.99 Å². The summed E-state index contributed by atoms with van der Waals surface area (Å²) in [5, 5.41) is 0. The molecule has 3 heteroatoms. The lowest BCUT2D eigenvalue weighted by molar-refractivity contribution is 0.399. The Labute approximate surface area is 55.2 Å². The molecule has 0 aliphatic carbocycles. The number of ether oxygens (including phenoxy) is 1. The van der Waals surface area contributed by atoms with Crippen LogP contribution >= 0.6 is 0 Å². The minimum absolute atomic E-state index is 0.481. The van der Waals surface area contributed by atoms with Crippen molar-refractivity contribution in [3.63, 3.8) is 0 Å². The lowest BCUT2D eigenvalue weighted by Crippen LogP contribution is -1.99. The zero-order chi connectivity index (χ0) is 7.28. The second-order valence-electron chi connectivity index (χ2n) is 1.55. The largest absolute Gasteiger partial charge is 0.484 e. The van der Waals surface area contributed by atoms with Gasteiger partial charge in [-0.2, -0.15) is 0 Å². The van der Waals surface area contributed by atoms with Crippen molar-refractivity contribution < 1.29 is 4.74 Å². The van der Waals surface area contributed by atoms with Gasteiger partial charge in [-0.15, -0.1) is 0 Å². The van der Waals surface area contributed by atoms with Crippen LogP contribution in [0.1, 0.15) is 13.8 Å². The SMILES string of the molecule is C/C=C(N)\N=C(/C)OC. The molecule has 0 amide bonds. The lowest BCUT2D eigenvalue weighted by atomic mass is 10.6. The van der Waals surface area contributed by atoms with Crippen molar-refractivity contribution in [3.05, 3.63) is 11.9 Å². The topological polar surface area (TPSA) is 47.6 Å². The Morgan fingerprint density at radius 2 is 2.22 bits per heavy atom. The van der Waals surface area contributed by atoms with E-state index in [4.69, 9.17) is 10.5 Å². The highest BCUT2D eigenvalue weighted by Crippen LogP contribution is 1.86. The summed E-state index contributed by atoms with van der Waals surface area (Å²) in [6.45, 7) is 3.57. The molecule has 0 rings (SSSR count). The fourth-order valence-corrected chi connectivity index (χ4v) is 0.292. The zero-order valence-corrected chi connectivity index (χ0v) is 6.01. The Morgan fingerprint density at radius 1 is 1.67 bits per heavy atom. The number of methoxy groups -OCH3 is 1. The van der Waals surface area contributed by atoms with Gasteiger partial charge in [0.05, 0.1) is 7.11 Å². The predicted molar refractivity (Wildman–Crippen MR) is 38.1 cm³/mol. The van der Waals surface area contributed by atoms with Crippen molar-refractivity contribution in [1.82, 2.24) is 0 Å². The fraction of sp³-hybridized carbons (Fsp3) is 0.500. The first-order valence-corrected chi connectivity index (χ1v) is 2.71.